The highest BCUT2D eigenvalue weighted by Crippen LogP contribution is 2.34. The van der Waals surface area contributed by atoms with E-state index in [0.29, 0.717) is 16.5 Å². The molecule has 4 rings (SSSR count). The average molecular weight is 487 g/mol. The van der Waals surface area contributed by atoms with E-state index in [0.717, 1.165) is 26.7 Å². The second kappa shape index (κ2) is 8.61. The van der Waals surface area contributed by atoms with Crippen LogP contribution >= 0.6 is 27.7 Å². The Morgan fingerprint density at radius 2 is 2.07 bits per heavy atom. The molecule has 0 aliphatic carbocycles. The lowest BCUT2D eigenvalue weighted by atomic mass is 10.1. The molecule has 0 bridgehead atoms. The Labute approximate surface area is 185 Å². The highest BCUT2D eigenvalue weighted by molar-refractivity contribution is 9.10. The number of carbonyl (C=O) groups excluding carboxylic acids is 1. The van der Waals surface area contributed by atoms with Gasteiger partial charge in [-0.2, -0.15) is 4.68 Å². The molecule has 2 aromatic carbocycles. The fraction of sp³-hybridized carbons (Fsp3) is 0.238. The van der Waals surface area contributed by atoms with Gasteiger partial charge in [0.1, 0.15) is 5.58 Å². The quantitative estimate of drug-likeness (QED) is 0.271. The molecule has 0 N–H and O–H groups in total. The zero-order valence-electron chi connectivity index (χ0n) is 16.7. The van der Waals surface area contributed by atoms with Gasteiger partial charge in [-0.25, -0.2) is 4.79 Å². The minimum Gasteiger partial charge on any atom is -0.460 e. The third-order valence-electron chi connectivity index (χ3n) is 4.58. The number of hydrogen-bond acceptors (Lipinski definition) is 7. The first-order valence-electron chi connectivity index (χ1n) is 9.34. The topological polar surface area (TPSA) is 83.0 Å². The predicted molar refractivity (Wildman–Crippen MR) is 118 cm³/mol. The first-order valence-corrected chi connectivity index (χ1v) is 11.1. The first-order chi connectivity index (χ1) is 14.5. The van der Waals surface area contributed by atoms with Gasteiger partial charge in [0, 0.05) is 21.2 Å². The normalized spacial score (nSPS) is 11.2. The number of fused-ring (bicyclic) bond motifs is 1. The van der Waals surface area contributed by atoms with Crippen LogP contribution in [-0.4, -0.2) is 32.8 Å². The van der Waals surface area contributed by atoms with Crippen LogP contribution in [0, 0.1) is 13.8 Å². The van der Waals surface area contributed by atoms with Gasteiger partial charge in [-0.15, -0.1) is 5.10 Å². The lowest BCUT2D eigenvalue weighted by molar-refractivity contribution is 0.0491. The summed E-state index contributed by atoms with van der Waals surface area (Å²) in [6, 6.07) is 11.8. The second-order valence-electron chi connectivity index (χ2n) is 6.72. The SMILES string of the molecule is CCOC(=O)c1oc2ccc(Br)cc2c1CSc1nnnn1-c1ccc(C)cc1C. The Morgan fingerprint density at radius 3 is 2.83 bits per heavy atom. The zero-order valence-corrected chi connectivity index (χ0v) is 19.1. The van der Waals surface area contributed by atoms with Gasteiger partial charge in [0.05, 0.1) is 12.3 Å². The lowest BCUT2D eigenvalue weighted by Crippen LogP contribution is -2.06. The number of thioether (sulfide) groups is 1. The van der Waals surface area contributed by atoms with Crippen molar-refractivity contribution in [3.8, 4) is 5.69 Å². The molecule has 7 nitrogen and oxygen atoms in total. The monoisotopic (exact) mass is 486 g/mol. The molecule has 9 heteroatoms. The third kappa shape index (κ3) is 3.99. The van der Waals surface area contributed by atoms with Gasteiger partial charge in [0.25, 0.3) is 0 Å². The van der Waals surface area contributed by atoms with Crippen LogP contribution in [0.2, 0.25) is 0 Å². The maximum absolute atomic E-state index is 12.5. The molecule has 0 atom stereocenters. The van der Waals surface area contributed by atoms with E-state index >= 15 is 0 Å². The Hall–Kier alpha value is -2.65. The van der Waals surface area contributed by atoms with Crippen LogP contribution in [0.5, 0.6) is 0 Å². The van der Waals surface area contributed by atoms with Crippen LogP contribution in [0.3, 0.4) is 0 Å². The van der Waals surface area contributed by atoms with Gasteiger partial charge < -0.3 is 9.15 Å². The summed E-state index contributed by atoms with van der Waals surface area (Å²) in [7, 11) is 0. The Kier molecular flexibility index (Phi) is 5.92. The fourth-order valence-corrected chi connectivity index (χ4v) is 4.50. The molecule has 154 valence electrons. The largest absolute Gasteiger partial charge is 0.460 e. The van der Waals surface area contributed by atoms with Crippen LogP contribution < -0.4 is 0 Å². The molecular formula is C21H19BrN4O3S. The van der Waals surface area contributed by atoms with Gasteiger partial charge in [0.15, 0.2) is 0 Å². The van der Waals surface area contributed by atoms with Crippen molar-refractivity contribution in [1.29, 1.82) is 0 Å². The van der Waals surface area contributed by atoms with Crippen molar-refractivity contribution in [1.82, 2.24) is 20.2 Å². The molecule has 2 aromatic heterocycles. The average Bonchev–Trinajstić information content (AvgIpc) is 3.31. The van der Waals surface area contributed by atoms with E-state index in [-0.39, 0.29) is 12.4 Å². The molecule has 0 saturated heterocycles. The highest BCUT2D eigenvalue weighted by Gasteiger charge is 2.23. The van der Waals surface area contributed by atoms with E-state index in [1.165, 1.54) is 17.3 Å². The fourth-order valence-electron chi connectivity index (χ4n) is 3.23. The molecule has 0 aliphatic heterocycles. The van der Waals surface area contributed by atoms with Crippen molar-refractivity contribution in [3.63, 3.8) is 0 Å². The van der Waals surface area contributed by atoms with Crippen LogP contribution in [0.25, 0.3) is 16.7 Å². The van der Waals surface area contributed by atoms with Crippen molar-refractivity contribution in [2.24, 2.45) is 0 Å². The number of halogens is 1. The maximum atomic E-state index is 12.5. The number of aromatic nitrogens is 4. The predicted octanol–water partition coefficient (Wildman–Crippen LogP) is 5.26. The first kappa shape index (κ1) is 20.6. The lowest BCUT2D eigenvalue weighted by Gasteiger charge is -2.08. The van der Waals surface area contributed by atoms with Crippen LogP contribution in [-0.2, 0) is 10.5 Å². The minimum absolute atomic E-state index is 0.211. The van der Waals surface area contributed by atoms with Gasteiger partial charge in [-0.05, 0) is 61.0 Å². The summed E-state index contributed by atoms with van der Waals surface area (Å²) in [4.78, 5) is 12.5. The minimum atomic E-state index is -0.477. The maximum Gasteiger partial charge on any atom is 0.374 e. The smallest absolute Gasteiger partial charge is 0.374 e. The van der Waals surface area contributed by atoms with Gasteiger partial charge in [-0.1, -0.05) is 45.4 Å². The van der Waals surface area contributed by atoms with Crippen molar-refractivity contribution < 1.29 is 13.9 Å². The molecule has 2 heterocycles. The summed E-state index contributed by atoms with van der Waals surface area (Å²) >= 11 is 4.92. The van der Waals surface area contributed by atoms with E-state index in [9.17, 15) is 4.79 Å². The molecule has 4 aromatic rings. The van der Waals surface area contributed by atoms with Crippen molar-refractivity contribution in [3.05, 3.63) is 63.3 Å². The number of esters is 1. The second-order valence-corrected chi connectivity index (χ2v) is 8.58. The molecule has 0 amide bonds. The van der Waals surface area contributed by atoms with E-state index in [4.69, 9.17) is 9.15 Å². The van der Waals surface area contributed by atoms with Gasteiger partial charge >= 0.3 is 5.97 Å². The Balaban J connectivity index is 1.69. The number of rotatable bonds is 6. The summed E-state index contributed by atoms with van der Waals surface area (Å²) < 4.78 is 13.6. The number of benzene rings is 2. The number of ether oxygens (including phenoxy) is 1. The number of nitrogens with zero attached hydrogens (tertiary/aromatic N) is 4. The zero-order chi connectivity index (χ0) is 21.3. The Morgan fingerprint density at radius 1 is 1.23 bits per heavy atom. The van der Waals surface area contributed by atoms with Crippen molar-refractivity contribution in [2.75, 3.05) is 6.61 Å². The molecule has 0 fully saturated rings. The molecule has 30 heavy (non-hydrogen) atoms. The molecule has 0 radical (unpaired) electrons. The molecule has 0 aliphatic rings. The van der Waals surface area contributed by atoms with E-state index in [1.54, 1.807) is 11.6 Å². The summed E-state index contributed by atoms with van der Waals surface area (Å²) in [5.74, 6) is 0.181. The van der Waals surface area contributed by atoms with E-state index < -0.39 is 5.97 Å². The molecule has 0 saturated carbocycles. The van der Waals surface area contributed by atoms with E-state index in [2.05, 4.69) is 37.5 Å². The van der Waals surface area contributed by atoms with Gasteiger partial charge in [-0.3, -0.25) is 0 Å². The molecule has 0 spiro atoms. The number of tetrazole rings is 1. The van der Waals surface area contributed by atoms with Crippen molar-refractivity contribution >= 4 is 44.6 Å². The number of aryl methyl sites for hydroxylation is 2. The summed E-state index contributed by atoms with van der Waals surface area (Å²) in [5, 5.41) is 13.6. The standard InChI is InChI=1S/C21H19BrN4O3S/c1-4-28-20(27)19-16(15-10-14(22)6-8-18(15)29-19)11-30-21-23-24-25-26(21)17-7-5-12(2)9-13(17)3/h5-10H,4,11H2,1-3H3. The third-order valence-corrected chi connectivity index (χ3v) is 6.02. The highest BCUT2D eigenvalue weighted by atomic mass is 79.9. The van der Waals surface area contributed by atoms with Crippen LogP contribution in [0.15, 0.2) is 50.4 Å². The summed E-state index contributed by atoms with van der Waals surface area (Å²) in [6.45, 7) is 6.12. The number of hydrogen-bond donors (Lipinski definition) is 0. The molecule has 0 unspecified atom stereocenters. The summed E-state index contributed by atoms with van der Waals surface area (Å²) in [6.07, 6.45) is 0. The summed E-state index contributed by atoms with van der Waals surface area (Å²) in [5.41, 5.74) is 4.55. The molecular weight excluding hydrogens is 468 g/mol. The van der Waals surface area contributed by atoms with Crippen LogP contribution in [0.1, 0.15) is 34.2 Å². The number of carbonyl (C=O) groups is 1. The van der Waals surface area contributed by atoms with Crippen molar-refractivity contribution in [2.45, 2.75) is 31.7 Å². The van der Waals surface area contributed by atoms with Gasteiger partial charge in [0.2, 0.25) is 10.9 Å². The van der Waals surface area contributed by atoms with E-state index in [1.807, 2.05) is 44.2 Å². The number of furan rings is 1. The Bertz CT molecular complexity index is 1230. The van der Waals surface area contributed by atoms with Crippen LogP contribution in [0.4, 0.5) is 0 Å².